The number of rotatable bonds is 5. The van der Waals surface area contributed by atoms with E-state index in [0.29, 0.717) is 5.92 Å². The van der Waals surface area contributed by atoms with Crippen molar-refractivity contribution >= 4 is 21.7 Å². The van der Waals surface area contributed by atoms with E-state index < -0.39 is 0 Å². The van der Waals surface area contributed by atoms with Gasteiger partial charge in [-0.25, -0.2) is 9.97 Å². The summed E-state index contributed by atoms with van der Waals surface area (Å²) in [6.45, 7) is 14.0. The Morgan fingerprint density at radius 2 is 1.84 bits per heavy atom. The summed E-state index contributed by atoms with van der Waals surface area (Å²) in [5.74, 6) is 2.42. The SMILES string of the molecule is CCCNc1nc(C(C)(C)C)nc(CC(C)C)c1Br. The van der Waals surface area contributed by atoms with Crippen LogP contribution >= 0.6 is 15.9 Å². The van der Waals surface area contributed by atoms with Gasteiger partial charge in [0.1, 0.15) is 11.6 Å². The zero-order chi connectivity index (χ0) is 14.6. The van der Waals surface area contributed by atoms with Crippen molar-refractivity contribution < 1.29 is 0 Å². The molecule has 0 aliphatic heterocycles. The van der Waals surface area contributed by atoms with Crippen LogP contribution in [0, 0.1) is 5.92 Å². The highest BCUT2D eigenvalue weighted by molar-refractivity contribution is 9.10. The Hall–Kier alpha value is -0.640. The number of hydrogen-bond donors (Lipinski definition) is 1. The monoisotopic (exact) mass is 327 g/mol. The molecule has 108 valence electrons. The Balaban J connectivity index is 3.21. The standard InChI is InChI=1S/C15H26BrN3/c1-7-8-17-13-12(16)11(9-10(2)3)18-14(19-13)15(4,5)6/h10H,7-9H2,1-6H3,(H,17,18,19). The number of nitrogens with one attached hydrogen (secondary N) is 1. The largest absolute Gasteiger partial charge is 0.369 e. The molecule has 0 aromatic carbocycles. The van der Waals surface area contributed by atoms with E-state index in [4.69, 9.17) is 4.98 Å². The van der Waals surface area contributed by atoms with Crippen LogP contribution in [0.3, 0.4) is 0 Å². The molecule has 0 amide bonds. The van der Waals surface area contributed by atoms with Gasteiger partial charge in [0.15, 0.2) is 0 Å². The fourth-order valence-corrected chi connectivity index (χ4v) is 2.19. The summed E-state index contributed by atoms with van der Waals surface area (Å²) in [5, 5.41) is 3.39. The topological polar surface area (TPSA) is 37.8 Å². The first-order valence-corrected chi connectivity index (χ1v) is 7.85. The Kier molecular flexibility index (Phi) is 5.78. The molecule has 1 rings (SSSR count). The Morgan fingerprint density at radius 1 is 1.21 bits per heavy atom. The molecule has 0 unspecified atom stereocenters. The van der Waals surface area contributed by atoms with Gasteiger partial charge in [0, 0.05) is 12.0 Å². The summed E-state index contributed by atoms with van der Waals surface area (Å²) in [4.78, 5) is 9.43. The van der Waals surface area contributed by atoms with E-state index in [1.54, 1.807) is 0 Å². The average molecular weight is 328 g/mol. The first-order valence-electron chi connectivity index (χ1n) is 7.06. The van der Waals surface area contributed by atoms with E-state index in [9.17, 15) is 0 Å². The van der Waals surface area contributed by atoms with Crippen molar-refractivity contribution in [2.45, 2.75) is 59.8 Å². The molecule has 1 aromatic heterocycles. The van der Waals surface area contributed by atoms with Gasteiger partial charge in [-0.2, -0.15) is 0 Å². The van der Waals surface area contributed by atoms with Gasteiger partial charge < -0.3 is 5.32 Å². The zero-order valence-corrected chi connectivity index (χ0v) is 14.6. The number of aromatic nitrogens is 2. The Morgan fingerprint density at radius 3 is 2.32 bits per heavy atom. The summed E-state index contributed by atoms with van der Waals surface area (Å²) in [6, 6.07) is 0. The van der Waals surface area contributed by atoms with Gasteiger partial charge in [-0.15, -0.1) is 0 Å². The van der Waals surface area contributed by atoms with E-state index in [1.807, 2.05) is 0 Å². The molecule has 4 heteroatoms. The van der Waals surface area contributed by atoms with Crippen LogP contribution in [-0.2, 0) is 11.8 Å². The second-order valence-electron chi connectivity index (χ2n) is 6.43. The number of nitrogens with zero attached hydrogens (tertiary/aromatic N) is 2. The first kappa shape index (κ1) is 16.4. The highest BCUT2D eigenvalue weighted by atomic mass is 79.9. The molecule has 3 nitrogen and oxygen atoms in total. The van der Waals surface area contributed by atoms with Crippen LogP contribution in [0.2, 0.25) is 0 Å². The van der Waals surface area contributed by atoms with E-state index in [2.05, 4.69) is 67.8 Å². The van der Waals surface area contributed by atoms with Gasteiger partial charge in [-0.1, -0.05) is 41.5 Å². The predicted octanol–water partition coefficient (Wildman–Crippen LogP) is 4.56. The molecular formula is C15H26BrN3. The third kappa shape index (κ3) is 4.75. The van der Waals surface area contributed by atoms with Crippen LogP contribution in [0.5, 0.6) is 0 Å². The Bertz CT molecular complexity index is 422. The van der Waals surface area contributed by atoms with Crippen molar-refractivity contribution in [1.29, 1.82) is 0 Å². The third-order valence-corrected chi connectivity index (χ3v) is 3.57. The minimum Gasteiger partial charge on any atom is -0.369 e. The van der Waals surface area contributed by atoms with Crippen molar-refractivity contribution in [2.24, 2.45) is 5.92 Å². The first-order chi connectivity index (χ1) is 8.75. The molecule has 1 aromatic rings. The second-order valence-corrected chi connectivity index (χ2v) is 7.22. The summed E-state index contributed by atoms with van der Waals surface area (Å²) >= 11 is 3.65. The maximum atomic E-state index is 4.75. The molecule has 0 fully saturated rings. The van der Waals surface area contributed by atoms with E-state index in [1.165, 1.54) is 0 Å². The van der Waals surface area contributed by atoms with Gasteiger partial charge >= 0.3 is 0 Å². The van der Waals surface area contributed by atoms with Gasteiger partial charge in [0.25, 0.3) is 0 Å². The minimum atomic E-state index is -0.0327. The van der Waals surface area contributed by atoms with Crippen LogP contribution in [-0.4, -0.2) is 16.5 Å². The molecule has 0 saturated carbocycles. The smallest absolute Gasteiger partial charge is 0.144 e. The quantitative estimate of drug-likeness (QED) is 0.861. The fraction of sp³-hybridized carbons (Fsp3) is 0.733. The lowest BCUT2D eigenvalue weighted by Crippen LogP contribution is -2.20. The normalized spacial score (nSPS) is 12.0. The van der Waals surface area contributed by atoms with Gasteiger partial charge in [0.2, 0.25) is 0 Å². The van der Waals surface area contributed by atoms with Gasteiger partial charge in [-0.05, 0) is 34.7 Å². The maximum absolute atomic E-state index is 4.75. The summed E-state index contributed by atoms with van der Waals surface area (Å²) in [6.07, 6.45) is 2.05. The molecule has 0 aliphatic carbocycles. The van der Waals surface area contributed by atoms with Crippen molar-refractivity contribution in [1.82, 2.24) is 9.97 Å². The molecule has 1 N–H and O–H groups in total. The molecule has 0 bridgehead atoms. The third-order valence-electron chi connectivity index (χ3n) is 2.73. The second kappa shape index (κ2) is 6.69. The number of halogens is 1. The molecule has 0 aliphatic rings. The lowest BCUT2D eigenvalue weighted by Gasteiger charge is -2.21. The highest BCUT2D eigenvalue weighted by Gasteiger charge is 2.21. The fourth-order valence-electron chi connectivity index (χ4n) is 1.71. The van der Waals surface area contributed by atoms with Crippen molar-refractivity contribution in [3.8, 4) is 0 Å². The van der Waals surface area contributed by atoms with Crippen LogP contribution in [0.1, 0.15) is 59.5 Å². The maximum Gasteiger partial charge on any atom is 0.144 e. The van der Waals surface area contributed by atoms with Gasteiger partial charge in [-0.3, -0.25) is 0 Å². The molecule has 0 radical (unpaired) electrons. The van der Waals surface area contributed by atoms with Crippen LogP contribution in [0.15, 0.2) is 4.47 Å². The molecule has 0 saturated heterocycles. The van der Waals surface area contributed by atoms with Crippen molar-refractivity contribution in [3.63, 3.8) is 0 Å². The lowest BCUT2D eigenvalue weighted by molar-refractivity contribution is 0.534. The summed E-state index contributed by atoms with van der Waals surface area (Å²) in [7, 11) is 0. The average Bonchev–Trinajstić information content (AvgIpc) is 2.28. The van der Waals surface area contributed by atoms with Crippen LogP contribution in [0.25, 0.3) is 0 Å². The van der Waals surface area contributed by atoms with Gasteiger partial charge in [0.05, 0.1) is 10.2 Å². The Labute approximate surface area is 125 Å². The van der Waals surface area contributed by atoms with E-state index >= 15 is 0 Å². The van der Waals surface area contributed by atoms with Crippen molar-refractivity contribution in [3.05, 3.63) is 16.0 Å². The minimum absolute atomic E-state index is 0.0327. The van der Waals surface area contributed by atoms with E-state index in [0.717, 1.165) is 41.2 Å². The summed E-state index contributed by atoms with van der Waals surface area (Å²) < 4.78 is 1.02. The lowest BCUT2D eigenvalue weighted by atomic mass is 9.95. The van der Waals surface area contributed by atoms with Crippen molar-refractivity contribution in [2.75, 3.05) is 11.9 Å². The predicted molar refractivity (Wildman–Crippen MR) is 85.8 cm³/mol. The molecular weight excluding hydrogens is 302 g/mol. The molecule has 0 spiro atoms. The molecule has 19 heavy (non-hydrogen) atoms. The molecule has 0 atom stereocenters. The van der Waals surface area contributed by atoms with E-state index in [-0.39, 0.29) is 5.41 Å². The molecule has 1 heterocycles. The summed E-state index contributed by atoms with van der Waals surface area (Å²) in [5.41, 5.74) is 1.07. The number of anilines is 1. The van der Waals surface area contributed by atoms with Crippen LogP contribution < -0.4 is 5.32 Å². The number of hydrogen-bond acceptors (Lipinski definition) is 3. The highest BCUT2D eigenvalue weighted by Crippen LogP contribution is 2.29. The zero-order valence-electron chi connectivity index (χ0n) is 13.0. The van der Waals surface area contributed by atoms with Crippen LogP contribution in [0.4, 0.5) is 5.82 Å².